The van der Waals surface area contributed by atoms with Crippen molar-refractivity contribution in [1.82, 2.24) is 9.80 Å². The zero-order chi connectivity index (χ0) is 31.7. The minimum atomic E-state index is -4.49. The van der Waals surface area contributed by atoms with E-state index in [-0.39, 0.29) is 23.7 Å². The number of aliphatic carboxylic acids is 1. The second kappa shape index (κ2) is 13.2. The van der Waals surface area contributed by atoms with E-state index in [0.29, 0.717) is 63.7 Å². The van der Waals surface area contributed by atoms with E-state index in [4.69, 9.17) is 9.47 Å². The number of hydrogen-bond acceptors (Lipinski definition) is 6. The highest BCUT2D eigenvalue weighted by molar-refractivity contribution is 5.81. The molecule has 3 atom stereocenters. The first kappa shape index (κ1) is 31.7. The Hall–Kier alpha value is -3.31. The first-order valence-corrected chi connectivity index (χ1v) is 16.1. The van der Waals surface area contributed by atoms with Crippen molar-refractivity contribution in [2.24, 2.45) is 11.8 Å². The highest BCUT2D eigenvalue weighted by Crippen LogP contribution is 2.42. The lowest BCUT2D eigenvalue weighted by molar-refractivity contribution is -0.142. The van der Waals surface area contributed by atoms with E-state index in [2.05, 4.69) is 4.90 Å². The number of carboxylic acids is 1. The maximum Gasteiger partial charge on any atom is 0.416 e. The number of piperidine rings is 1. The molecule has 8 nitrogen and oxygen atoms in total. The van der Waals surface area contributed by atoms with Gasteiger partial charge in [-0.2, -0.15) is 13.2 Å². The molecule has 6 rings (SSSR count). The number of alkyl halides is 3. The zero-order valence-electron chi connectivity index (χ0n) is 25.7. The van der Waals surface area contributed by atoms with Crippen LogP contribution in [0.4, 0.5) is 18.9 Å². The Balaban J connectivity index is 1.22. The number of carbonyl (C=O) groups is 2. The summed E-state index contributed by atoms with van der Waals surface area (Å²) in [5, 5.41) is 9.43. The normalized spacial score (nSPS) is 25.6. The Kier molecular flexibility index (Phi) is 9.29. The van der Waals surface area contributed by atoms with Gasteiger partial charge in [-0.1, -0.05) is 18.2 Å². The van der Waals surface area contributed by atoms with Crippen molar-refractivity contribution in [1.29, 1.82) is 0 Å². The highest BCUT2D eigenvalue weighted by Gasteiger charge is 2.44. The third kappa shape index (κ3) is 6.79. The van der Waals surface area contributed by atoms with Crippen LogP contribution in [0.25, 0.3) is 0 Å². The fourth-order valence-corrected chi connectivity index (χ4v) is 7.78. The van der Waals surface area contributed by atoms with Crippen molar-refractivity contribution in [2.75, 3.05) is 64.5 Å². The molecule has 2 aromatic rings. The molecule has 0 aromatic heterocycles. The topological polar surface area (TPSA) is 82.6 Å². The van der Waals surface area contributed by atoms with Gasteiger partial charge in [-0.3, -0.25) is 14.5 Å². The molecule has 1 amide bonds. The van der Waals surface area contributed by atoms with Crippen LogP contribution in [0.15, 0.2) is 42.5 Å². The SMILES string of the molecule is COc1ccc([C@@H]2CN(C3CCOCC3)C[C@H]2C(=O)N2CC[C@@H](c3ccc(C(F)(F)F)cc3N3CCC(C(=O)O)CC3)C2)cc1. The average Bonchev–Trinajstić information content (AvgIpc) is 3.73. The molecule has 0 spiro atoms. The number of anilines is 1. The van der Waals surface area contributed by atoms with Crippen molar-refractivity contribution in [2.45, 2.75) is 56.2 Å². The summed E-state index contributed by atoms with van der Waals surface area (Å²) in [5.74, 6) is -0.771. The van der Waals surface area contributed by atoms with E-state index in [9.17, 15) is 27.9 Å². The van der Waals surface area contributed by atoms with E-state index in [1.807, 2.05) is 34.1 Å². The van der Waals surface area contributed by atoms with Crippen molar-refractivity contribution < 1.29 is 37.3 Å². The molecule has 0 bridgehead atoms. The molecule has 0 radical (unpaired) electrons. The molecule has 0 unspecified atom stereocenters. The summed E-state index contributed by atoms with van der Waals surface area (Å²) in [7, 11) is 1.63. The Labute approximate surface area is 262 Å². The number of benzene rings is 2. The maximum atomic E-state index is 14.3. The number of ether oxygens (including phenoxy) is 2. The monoisotopic (exact) mass is 629 g/mol. The second-order valence-corrected chi connectivity index (χ2v) is 12.9. The fourth-order valence-electron chi connectivity index (χ4n) is 7.78. The summed E-state index contributed by atoms with van der Waals surface area (Å²) in [5.41, 5.74) is 1.70. The van der Waals surface area contributed by atoms with Crippen LogP contribution in [0.1, 0.15) is 60.6 Å². The molecule has 244 valence electrons. The lowest BCUT2D eigenvalue weighted by Crippen LogP contribution is -2.40. The van der Waals surface area contributed by atoms with Crippen molar-refractivity contribution in [3.05, 3.63) is 59.2 Å². The quantitative estimate of drug-likeness (QED) is 0.450. The van der Waals surface area contributed by atoms with Crippen LogP contribution in [0, 0.1) is 11.8 Å². The molecular formula is C34H42F3N3O5. The lowest BCUT2D eigenvalue weighted by atomic mass is 9.88. The van der Waals surface area contributed by atoms with E-state index in [1.165, 1.54) is 6.07 Å². The van der Waals surface area contributed by atoms with Crippen LogP contribution in [0.2, 0.25) is 0 Å². The van der Waals surface area contributed by atoms with E-state index >= 15 is 0 Å². The van der Waals surface area contributed by atoms with Crippen LogP contribution < -0.4 is 9.64 Å². The molecule has 4 aliphatic heterocycles. The summed E-state index contributed by atoms with van der Waals surface area (Å²) in [6, 6.07) is 12.3. The van der Waals surface area contributed by atoms with Gasteiger partial charge in [-0.25, -0.2) is 0 Å². The largest absolute Gasteiger partial charge is 0.497 e. The number of likely N-dealkylation sites (tertiary alicyclic amines) is 2. The van der Waals surface area contributed by atoms with Gasteiger partial charge < -0.3 is 24.4 Å². The third-order valence-corrected chi connectivity index (χ3v) is 10.4. The van der Waals surface area contributed by atoms with Crippen molar-refractivity contribution in [3.8, 4) is 5.75 Å². The number of halogens is 3. The number of rotatable bonds is 7. The summed E-state index contributed by atoms with van der Waals surface area (Å²) in [6.07, 6.45) is -1.15. The maximum absolute atomic E-state index is 14.3. The molecule has 1 N–H and O–H groups in total. The molecule has 4 saturated heterocycles. The first-order chi connectivity index (χ1) is 21.6. The number of carboxylic acid groups (broad SMARTS) is 1. The number of nitrogens with zero attached hydrogens (tertiary/aromatic N) is 3. The predicted octanol–water partition coefficient (Wildman–Crippen LogP) is 5.23. The molecule has 11 heteroatoms. The predicted molar refractivity (Wildman–Crippen MR) is 163 cm³/mol. The zero-order valence-corrected chi connectivity index (χ0v) is 25.7. The lowest BCUT2D eigenvalue weighted by Gasteiger charge is -2.34. The van der Waals surface area contributed by atoms with Crippen molar-refractivity contribution in [3.63, 3.8) is 0 Å². The molecule has 0 saturated carbocycles. The number of hydrogen-bond donors (Lipinski definition) is 1. The van der Waals surface area contributed by atoms with E-state index < -0.39 is 23.6 Å². The van der Waals surface area contributed by atoms with Crippen molar-refractivity contribution >= 4 is 17.6 Å². The Morgan fingerprint density at radius 1 is 0.911 bits per heavy atom. The minimum absolute atomic E-state index is 0.0301. The summed E-state index contributed by atoms with van der Waals surface area (Å²) in [6.45, 7) is 4.68. The van der Waals surface area contributed by atoms with Gasteiger partial charge in [-0.15, -0.1) is 0 Å². The van der Waals surface area contributed by atoms with Gasteiger partial charge in [-0.05, 0) is 67.5 Å². The van der Waals surface area contributed by atoms with Gasteiger partial charge in [0.05, 0.1) is 24.5 Å². The van der Waals surface area contributed by atoms with E-state index in [0.717, 1.165) is 55.5 Å². The molecule has 45 heavy (non-hydrogen) atoms. The van der Waals surface area contributed by atoms with Crippen LogP contribution in [-0.2, 0) is 20.5 Å². The number of amides is 1. The van der Waals surface area contributed by atoms with Gasteiger partial charge in [0, 0.05) is 76.0 Å². The Morgan fingerprint density at radius 2 is 1.62 bits per heavy atom. The number of carbonyl (C=O) groups excluding carboxylic acids is 1. The van der Waals surface area contributed by atoms with Crippen LogP contribution in [0.5, 0.6) is 5.75 Å². The van der Waals surface area contributed by atoms with Gasteiger partial charge in [0.15, 0.2) is 0 Å². The average molecular weight is 630 g/mol. The molecule has 4 heterocycles. The fraction of sp³-hybridized carbons (Fsp3) is 0.588. The Morgan fingerprint density at radius 3 is 2.27 bits per heavy atom. The van der Waals surface area contributed by atoms with Crippen LogP contribution in [-0.4, -0.2) is 92.4 Å². The molecule has 4 aliphatic rings. The molecule has 0 aliphatic carbocycles. The minimum Gasteiger partial charge on any atom is -0.497 e. The van der Waals surface area contributed by atoms with Gasteiger partial charge in [0.2, 0.25) is 5.91 Å². The molecule has 2 aromatic carbocycles. The summed E-state index contributed by atoms with van der Waals surface area (Å²) < 4.78 is 52.3. The summed E-state index contributed by atoms with van der Waals surface area (Å²) in [4.78, 5) is 32.0. The van der Waals surface area contributed by atoms with Crippen LogP contribution >= 0.6 is 0 Å². The van der Waals surface area contributed by atoms with Gasteiger partial charge in [0.25, 0.3) is 0 Å². The summed E-state index contributed by atoms with van der Waals surface area (Å²) >= 11 is 0. The first-order valence-electron chi connectivity index (χ1n) is 16.1. The third-order valence-electron chi connectivity index (χ3n) is 10.4. The van der Waals surface area contributed by atoms with E-state index in [1.54, 1.807) is 13.2 Å². The standard InChI is InChI=1S/C34H42F3N3O5/c1-44-27-5-2-22(3-6-27)29-20-40(26-11-16-45-17-12-26)21-30(29)32(41)39-15-10-24(19-39)28-7-4-25(34(35,36)37)18-31(28)38-13-8-23(9-14-38)33(42)43/h2-7,18,23-24,26,29-30H,8-17,19-21H2,1H3,(H,42,43)/t24-,29+,30-/m1/s1. The Bertz CT molecular complexity index is 1360. The number of methoxy groups -OCH3 is 1. The molecule has 4 fully saturated rings. The van der Waals surface area contributed by atoms with Gasteiger partial charge >= 0.3 is 12.1 Å². The molecular weight excluding hydrogens is 587 g/mol. The second-order valence-electron chi connectivity index (χ2n) is 12.9. The smallest absolute Gasteiger partial charge is 0.416 e. The highest BCUT2D eigenvalue weighted by atomic mass is 19.4. The van der Waals surface area contributed by atoms with Crippen LogP contribution in [0.3, 0.4) is 0 Å². The van der Waals surface area contributed by atoms with Gasteiger partial charge in [0.1, 0.15) is 5.75 Å².